The summed E-state index contributed by atoms with van der Waals surface area (Å²) in [5.74, 6) is 0.379. The molecule has 1 fully saturated rings. The molecule has 0 heterocycles. The maximum Gasteiger partial charge on any atom is 0.317 e. The second-order valence-electron chi connectivity index (χ2n) is 7.38. The van der Waals surface area contributed by atoms with Gasteiger partial charge in [-0.15, -0.1) is 0 Å². The van der Waals surface area contributed by atoms with Crippen LogP contribution in [0.25, 0.3) is 0 Å². The van der Waals surface area contributed by atoms with Crippen molar-refractivity contribution in [2.75, 3.05) is 14.2 Å². The van der Waals surface area contributed by atoms with Crippen LogP contribution in [0, 0.1) is 10.1 Å². The first-order valence-electron chi connectivity index (χ1n) is 9.53. The molecule has 152 valence electrons. The van der Waals surface area contributed by atoms with Gasteiger partial charge in [0.1, 0.15) is 11.2 Å². The molecule has 0 amide bonds. The molecule has 0 bridgehead atoms. The van der Waals surface area contributed by atoms with Gasteiger partial charge in [-0.2, -0.15) is 0 Å². The Bertz CT molecular complexity index is 1080. The maximum atomic E-state index is 13.2. The van der Waals surface area contributed by atoms with E-state index < -0.39 is 15.8 Å². The molecule has 0 spiro atoms. The van der Waals surface area contributed by atoms with Crippen LogP contribution in [0.1, 0.15) is 23.1 Å². The quantitative estimate of drug-likeness (QED) is 0.346. The third-order valence-electron chi connectivity index (χ3n) is 6.09. The van der Waals surface area contributed by atoms with Gasteiger partial charge in [0.25, 0.3) is 5.69 Å². The van der Waals surface area contributed by atoms with Crippen molar-refractivity contribution < 1.29 is 19.2 Å². The van der Waals surface area contributed by atoms with Gasteiger partial charge in [-0.1, -0.05) is 54.6 Å². The largest absolute Gasteiger partial charge is 0.497 e. The number of methoxy groups -OCH3 is 2. The Labute approximate surface area is 174 Å². The molecular formula is C24H21NO5. The van der Waals surface area contributed by atoms with E-state index in [1.165, 1.54) is 19.2 Å². The number of ether oxygens (including phenoxy) is 2. The molecule has 30 heavy (non-hydrogen) atoms. The number of carbonyl (C=O) groups is 1. The highest BCUT2D eigenvalue weighted by Crippen LogP contribution is 2.69. The molecule has 6 nitrogen and oxygen atoms in total. The van der Waals surface area contributed by atoms with Crippen molar-refractivity contribution in [1.82, 2.24) is 0 Å². The first kappa shape index (κ1) is 19.6. The van der Waals surface area contributed by atoms with Crippen molar-refractivity contribution in [1.29, 1.82) is 0 Å². The lowest BCUT2D eigenvalue weighted by Crippen LogP contribution is -2.32. The summed E-state index contributed by atoms with van der Waals surface area (Å²) in [5, 5.41) is 11.1. The van der Waals surface area contributed by atoms with Gasteiger partial charge in [0.05, 0.1) is 19.1 Å². The van der Waals surface area contributed by atoms with E-state index in [0.717, 1.165) is 16.7 Å². The minimum atomic E-state index is -0.923. The first-order valence-corrected chi connectivity index (χ1v) is 9.53. The van der Waals surface area contributed by atoms with Crippen molar-refractivity contribution in [3.05, 3.63) is 106 Å². The normalized spacial score (nSPS) is 22.2. The number of rotatable bonds is 6. The second-order valence-corrected chi connectivity index (χ2v) is 7.38. The molecule has 0 N–H and O–H groups in total. The van der Waals surface area contributed by atoms with E-state index in [4.69, 9.17) is 9.47 Å². The summed E-state index contributed by atoms with van der Waals surface area (Å²) in [6, 6.07) is 23.5. The van der Waals surface area contributed by atoms with Gasteiger partial charge >= 0.3 is 5.97 Å². The van der Waals surface area contributed by atoms with Crippen molar-refractivity contribution in [3.63, 3.8) is 0 Å². The van der Waals surface area contributed by atoms with Crippen LogP contribution in [0.2, 0.25) is 0 Å². The van der Waals surface area contributed by atoms with Crippen LogP contribution in [0.3, 0.4) is 0 Å². The van der Waals surface area contributed by atoms with Gasteiger partial charge in [0.15, 0.2) is 0 Å². The predicted molar refractivity (Wildman–Crippen MR) is 112 cm³/mol. The summed E-state index contributed by atoms with van der Waals surface area (Å²) in [4.78, 5) is 23.9. The Kier molecular flexibility index (Phi) is 4.78. The Morgan fingerprint density at radius 1 is 0.867 bits per heavy atom. The van der Waals surface area contributed by atoms with Crippen molar-refractivity contribution in [3.8, 4) is 5.75 Å². The number of nitro benzene ring substituents is 1. The summed E-state index contributed by atoms with van der Waals surface area (Å²) < 4.78 is 10.6. The van der Waals surface area contributed by atoms with E-state index >= 15 is 0 Å². The van der Waals surface area contributed by atoms with E-state index in [1.54, 1.807) is 19.2 Å². The van der Waals surface area contributed by atoms with Gasteiger partial charge in [0.2, 0.25) is 0 Å². The molecular weight excluding hydrogens is 382 g/mol. The number of carbonyl (C=O) groups excluding carboxylic acids is 1. The minimum absolute atomic E-state index is 0.00709. The molecule has 1 saturated carbocycles. The van der Waals surface area contributed by atoms with Gasteiger partial charge in [-0.25, -0.2) is 0 Å². The van der Waals surface area contributed by atoms with Crippen molar-refractivity contribution in [2.45, 2.75) is 17.3 Å². The Balaban J connectivity index is 1.94. The SMILES string of the molecule is COC(=O)[C@]1(c2ccccc2)C[C@@]1(c1ccc(OC)cc1)c1ccc([N+](=O)[O-])cc1. The van der Waals surface area contributed by atoms with Crippen molar-refractivity contribution >= 4 is 11.7 Å². The third kappa shape index (κ3) is 2.76. The number of benzene rings is 3. The molecule has 0 radical (unpaired) electrons. The van der Waals surface area contributed by atoms with E-state index in [1.807, 2.05) is 54.6 Å². The van der Waals surface area contributed by atoms with Crippen LogP contribution in [-0.2, 0) is 20.4 Å². The summed E-state index contributed by atoms with van der Waals surface area (Å²) in [6.07, 6.45) is 0.501. The van der Waals surface area contributed by atoms with Crippen LogP contribution in [-0.4, -0.2) is 25.1 Å². The molecule has 2 atom stereocenters. The number of hydrogen-bond acceptors (Lipinski definition) is 5. The lowest BCUT2D eigenvalue weighted by molar-refractivity contribution is -0.384. The first-order chi connectivity index (χ1) is 14.5. The number of hydrogen-bond donors (Lipinski definition) is 0. The van der Waals surface area contributed by atoms with Gasteiger partial charge in [0, 0.05) is 17.5 Å². The highest BCUT2D eigenvalue weighted by Gasteiger charge is 2.75. The number of nitro groups is 1. The second kappa shape index (κ2) is 7.30. The van der Waals surface area contributed by atoms with Crippen molar-refractivity contribution in [2.24, 2.45) is 0 Å². The molecule has 0 aliphatic heterocycles. The highest BCUT2D eigenvalue weighted by molar-refractivity contribution is 5.93. The zero-order valence-corrected chi connectivity index (χ0v) is 16.7. The molecule has 0 saturated heterocycles. The molecule has 3 aromatic carbocycles. The molecule has 1 aliphatic rings. The fourth-order valence-electron chi connectivity index (χ4n) is 4.57. The fourth-order valence-corrected chi connectivity index (χ4v) is 4.57. The standard InChI is InChI=1S/C24H21NO5/c1-29-21-14-10-19(11-15-21)23(18-8-12-20(13-9-18)25(27)28)16-24(23,22(26)30-2)17-6-4-3-5-7-17/h3-15H,16H2,1-2H3/t23-,24+/m0/s1. The Morgan fingerprint density at radius 3 is 1.93 bits per heavy atom. The van der Waals surface area contributed by atoms with E-state index in [0.29, 0.717) is 12.2 Å². The van der Waals surface area contributed by atoms with Crippen LogP contribution >= 0.6 is 0 Å². The van der Waals surface area contributed by atoms with Gasteiger partial charge < -0.3 is 9.47 Å². The van der Waals surface area contributed by atoms with Crippen LogP contribution in [0.4, 0.5) is 5.69 Å². The molecule has 3 aromatic rings. The molecule has 4 rings (SSSR count). The Morgan fingerprint density at radius 2 is 1.43 bits per heavy atom. The lowest BCUT2D eigenvalue weighted by Gasteiger charge is -2.26. The maximum absolute atomic E-state index is 13.2. The molecule has 1 aliphatic carbocycles. The Hall–Kier alpha value is -3.67. The molecule has 0 unspecified atom stereocenters. The third-order valence-corrected chi connectivity index (χ3v) is 6.09. The topological polar surface area (TPSA) is 78.7 Å². The number of non-ortho nitro benzene ring substituents is 1. The zero-order valence-electron chi connectivity index (χ0n) is 16.7. The average Bonchev–Trinajstić information content (AvgIpc) is 3.52. The molecule has 0 aromatic heterocycles. The van der Waals surface area contributed by atoms with Gasteiger partial charge in [-0.05, 0) is 35.2 Å². The van der Waals surface area contributed by atoms with Gasteiger partial charge in [-0.3, -0.25) is 14.9 Å². The monoisotopic (exact) mass is 403 g/mol. The summed E-state index contributed by atoms with van der Waals surface area (Å²) >= 11 is 0. The smallest absolute Gasteiger partial charge is 0.317 e. The molecule has 6 heteroatoms. The fraction of sp³-hybridized carbons (Fsp3) is 0.208. The lowest BCUT2D eigenvalue weighted by atomic mass is 9.77. The van der Waals surface area contributed by atoms with Crippen LogP contribution in [0.5, 0.6) is 5.75 Å². The minimum Gasteiger partial charge on any atom is -0.497 e. The van der Waals surface area contributed by atoms with E-state index in [9.17, 15) is 14.9 Å². The number of nitrogens with zero attached hydrogens (tertiary/aromatic N) is 1. The summed E-state index contributed by atoms with van der Waals surface area (Å²) in [7, 11) is 2.99. The number of esters is 1. The van der Waals surface area contributed by atoms with Crippen LogP contribution in [0.15, 0.2) is 78.9 Å². The van der Waals surface area contributed by atoms with Crippen LogP contribution < -0.4 is 4.74 Å². The van der Waals surface area contributed by atoms with E-state index in [-0.39, 0.29) is 11.7 Å². The summed E-state index contributed by atoms with van der Waals surface area (Å²) in [5.41, 5.74) is 0.981. The average molecular weight is 403 g/mol. The summed E-state index contributed by atoms with van der Waals surface area (Å²) in [6.45, 7) is 0. The zero-order chi connectivity index (χ0) is 21.4. The predicted octanol–water partition coefficient (Wildman–Crippen LogP) is 4.40. The van der Waals surface area contributed by atoms with E-state index in [2.05, 4.69) is 0 Å². The highest BCUT2D eigenvalue weighted by atomic mass is 16.6.